The molecule has 0 fully saturated rings. The molecule has 2 aromatic rings. The molecule has 0 aliphatic carbocycles. The van der Waals surface area contributed by atoms with E-state index in [0.717, 1.165) is 0 Å². The summed E-state index contributed by atoms with van der Waals surface area (Å²) in [5, 5.41) is 12.3. The predicted octanol–water partition coefficient (Wildman–Crippen LogP) is 2.35. The van der Waals surface area contributed by atoms with Gasteiger partial charge in [-0.2, -0.15) is 5.26 Å². The molecule has 0 atom stereocenters. The van der Waals surface area contributed by atoms with Crippen molar-refractivity contribution in [3.05, 3.63) is 41.9 Å². The van der Waals surface area contributed by atoms with Crippen molar-refractivity contribution in [1.82, 2.24) is 5.16 Å². The lowest BCUT2D eigenvalue weighted by atomic mass is 10.1. The third-order valence-electron chi connectivity index (χ3n) is 1.79. The van der Waals surface area contributed by atoms with Crippen LogP contribution in [0.4, 0.5) is 4.39 Å². The van der Waals surface area contributed by atoms with Crippen LogP contribution in [0.2, 0.25) is 0 Å². The summed E-state index contributed by atoms with van der Waals surface area (Å²) in [7, 11) is 0. The first-order valence-electron chi connectivity index (χ1n) is 3.91. The smallest absolute Gasteiger partial charge is 0.142 e. The Bertz CT molecular complexity index is 499. The highest BCUT2D eigenvalue weighted by atomic mass is 19.1. The first-order valence-corrected chi connectivity index (χ1v) is 3.91. The van der Waals surface area contributed by atoms with Crippen LogP contribution in [0.25, 0.3) is 11.3 Å². The first-order chi connectivity index (χ1) is 6.81. The number of hydrogen-bond donors (Lipinski definition) is 0. The molecular formula is C10H5FN2O. The van der Waals surface area contributed by atoms with Crippen LogP contribution in [0.15, 0.2) is 35.1 Å². The van der Waals surface area contributed by atoms with E-state index in [4.69, 9.17) is 5.26 Å². The molecule has 0 unspecified atom stereocenters. The Labute approximate surface area is 79.4 Å². The van der Waals surface area contributed by atoms with Gasteiger partial charge in [0.2, 0.25) is 0 Å². The third-order valence-corrected chi connectivity index (χ3v) is 1.79. The fraction of sp³-hybridized carbons (Fsp3) is 0. The molecule has 68 valence electrons. The van der Waals surface area contributed by atoms with E-state index in [1.165, 1.54) is 18.4 Å². The summed E-state index contributed by atoms with van der Waals surface area (Å²) in [6.45, 7) is 0. The van der Waals surface area contributed by atoms with Gasteiger partial charge < -0.3 is 4.52 Å². The van der Waals surface area contributed by atoms with Crippen molar-refractivity contribution in [3.63, 3.8) is 0 Å². The molecule has 0 saturated carbocycles. The highest BCUT2D eigenvalue weighted by molar-refractivity contribution is 5.65. The minimum atomic E-state index is -0.366. The van der Waals surface area contributed by atoms with E-state index in [-0.39, 0.29) is 5.82 Å². The third kappa shape index (κ3) is 1.36. The lowest BCUT2D eigenvalue weighted by molar-refractivity contribution is 0.422. The summed E-state index contributed by atoms with van der Waals surface area (Å²) < 4.78 is 17.5. The number of halogens is 1. The highest BCUT2D eigenvalue weighted by Crippen LogP contribution is 2.21. The minimum absolute atomic E-state index is 0.301. The van der Waals surface area contributed by atoms with Crippen LogP contribution in [-0.2, 0) is 0 Å². The van der Waals surface area contributed by atoms with Gasteiger partial charge in [-0.3, -0.25) is 0 Å². The van der Waals surface area contributed by atoms with Crippen molar-refractivity contribution in [2.24, 2.45) is 0 Å². The molecule has 0 N–H and O–H groups in total. The van der Waals surface area contributed by atoms with E-state index in [1.54, 1.807) is 12.1 Å². The van der Waals surface area contributed by atoms with Crippen LogP contribution < -0.4 is 0 Å². The van der Waals surface area contributed by atoms with Crippen LogP contribution in [0.5, 0.6) is 0 Å². The average Bonchev–Trinajstić information content (AvgIpc) is 2.65. The molecule has 1 aromatic carbocycles. The van der Waals surface area contributed by atoms with Gasteiger partial charge in [0, 0.05) is 5.56 Å². The van der Waals surface area contributed by atoms with Crippen molar-refractivity contribution in [3.8, 4) is 17.3 Å². The molecule has 0 radical (unpaired) electrons. The van der Waals surface area contributed by atoms with E-state index in [1.807, 2.05) is 6.07 Å². The summed E-state index contributed by atoms with van der Waals surface area (Å²) >= 11 is 0. The standard InChI is InChI=1S/C10H5FN2O/c11-9-3-1-2-7(4-9)10-8(5-12)6-14-13-10/h1-4,6H. The van der Waals surface area contributed by atoms with E-state index in [0.29, 0.717) is 16.8 Å². The second-order valence-electron chi connectivity index (χ2n) is 2.70. The molecule has 0 spiro atoms. The van der Waals surface area contributed by atoms with Crippen LogP contribution in [0.1, 0.15) is 5.56 Å². The number of aromatic nitrogens is 1. The molecule has 0 aliphatic rings. The molecule has 0 saturated heterocycles. The Morgan fingerprint density at radius 3 is 3.00 bits per heavy atom. The Morgan fingerprint density at radius 2 is 2.29 bits per heavy atom. The molecule has 1 heterocycles. The topological polar surface area (TPSA) is 49.8 Å². The molecule has 3 nitrogen and oxygen atoms in total. The number of nitriles is 1. The number of benzene rings is 1. The number of rotatable bonds is 1. The fourth-order valence-electron chi connectivity index (χ4n) is 1.16. The monoisotopic (exact) mass is 188 g/mol. The molecule has 0 aliphatic heterocycles. The zero-order valence-corrected chi connectivity index (χ0v) is 7.07. The second-order valence-corrected chi connectivity index (χ2v) is 2.70. The highest BCUT2D eigenvalue weighted by Gasteiger charge is 2.09. The zero-order chi connectivity index (χ0) is 9.97. The molecule has 2 rings (SSSR count). The van der Waals surface area contributed by atoms with E-state index < -0.39 is 0 Å². The van der Waals surface area contributed by atoms with Crippen molar-refractivity contribution < 1.29 is 8.91 Å². The van der Waals surface area contributed by atoms with Crippen molar-refractivity contribution in [2.75, 3.05) is 0 Å². The van der Waals surface area contributed by atoms with Crippen LogP contribution in [-0.4, -0.2) is 5.16 Å². The summed E-state index contributed by atoms with van der Waals surface area (Å²) in [6.07, 6.45) is 1.24. The maximum atomic E-state index is 12.9. The largest absolute Gasteiger partial charge is 0.363 e. The predicted molar refractivity (Wildman–Crippen MR) is 46.6 cm³/mol. The van der Waals surface area contributed by atoms with Gasteiger partial charge in [0.05, 0.1) is 0 Å². The lowest BCUT2D eigenvalue weighted by Crippen LogP contribution is -1.82. The lowest BCUT2D eigenvalue weighted by Gasteiger charge is -1.95. The molecule has 1 aromatic heterocycles. The van der Waals surface area contributed by atoms with Gasteiger partial charge >= 0.3 is 0 Å². The Balaban J connectivity index is 2.56. The Morgan fingerprint density at radius 1 is 1.43 bits per heavy atom. The Kier molecular flexibility index (Phi) is 1.99. The first kappa shape index (κ1) is 8.45. The normalized spacial score (nSPS) is 9.71. The SMILES string of the molecule is N#Cc1conc1-c1cccc(F)c1. The van der Waals surface area contributed by atoms with Crippen LogP contribution in [0.3, 0.4) is 0 Å². The molecular weight excluding hydrogens is 183 g/mol. The van der Waals surface area contributed by atoms with Gasteiger partial charge in [-0.25, -0.2) is 4.39 Å². The second kappa shape index (κ2) is 3.30. The maximum Gasteiger partial charge on any atom is 0.142 e. The van der Waals surface area contributed by atoms with Crippen LogP contribution >= 0.6 is 0 Å². The van der Waals surface area contributed by atoms with Gasteiger partial charge in [0.25, 0.3) is 0 Å². The van der Waals surface area contributed by atoms with Crippen LogP contribution in [0, 0.1) is 17.1 Å². The van der Waals surface area contributed by atoms with E-state index in [9.17, 15) is 4.39 Å². The van der Waals surface area contributed by atoms with E-state index in [2.05, 4.69) is 9.68 Å². The summed E-state index contributed by atoms with van der Waals surface area (Å²) in [6, 6.07) is 7.77. The van der Waals surface area contributed by atoms with Gasteiger partial charge in [-0.1, -0.05) is 17.3 Å². The van der Waals surface area contributed by atoms with Crippen molar-refractivity contribution >= 4 is 0 Å². The van der Waals surface area contributed by atoms with Gasteiger partial charge in [0.15, 0.2) is 0 Å². The molecule has 14 heavy (non-hydrogen) atoms. The quantitative estimate of drug-likeness (QED) is 0.690. The van der Waals surface area contributed by atoms with Gasteiger partial charge in [-0.05, 0) is 12.1 Å². The minimum Gasteiger partial charge on any atom is -0.363 e. The maximum absolute atomic E-state index is 12.9. The van der Waals surface area contributed by atoms with Gasteiger partial charge in [-0.15, -0.1) is 0 Å². The average molecular weight is 188 g/mol. The fourth-order valence-corrected chi connectivity index (χ4v) is 1.16. The zero-order valence-electron chi connectivity index (χ0n) is 7.07. The molecule has 0 bridgehead atoms. The van der Waals surface area contributed by atoms with Gasteiger partial charge in [0.1, 0.15) is 29.4 Å². The number of nitrogens with zero attached hydrogens (tertiary/aromatic N) is 2. The Hall–Kier alpha value is -2.15. The summed E-state index contributed by atoms with van der Waals surface area (Å²) in [5.41, 5.74) is 1.21. The van der Waals surface area contributed by atoms with E-state index >= 15 is 0 Å². The molecule has 0 amide bonds. The summed E-state index contributed by atoms with van der Waals surface area (Å²) in [4.78, 5) is 0. The van der Waals surface area contributed by atoms with Crippen molar-refractivity contribution in [2.45, 2.75) is 0 Å². The van der Waals surface area contributed by atoms with Crippen molar-refractivity contribution in [1.29, 1.82) is 5.26 Å². The molecule has 4 heteroatoms. The number of hydrogen-bond acceptors (Lipinski definition) is 3. The summed E-state index contributed by atoms with van der Waals surface area (Å²) in [5.74, 6) is -0.366.